The van der Waals surface area contributed by atoms with Gasteiger partial charge in [0.2, 0.25) is 5.91 Å². The molecule has 2 heterocycles. The summed E-state index contributed by atoms with van der Waals surface area (Å²) in [6.45, 7) is 1.70. The van der Waals surface area contributed by atoms with Crippen LogP contribution in [0.3, 0.4) is 0 Å². The van der Waals surface area contributed by atoms with Gasteiger partial charge in [-0.15, -0.1) is 0 Å². The lowest BCUT2D eigenvalue weighted by molar-refractivity contribution is -0.168. The van der Waals surface area contributed by atoms with Gasteiger partial charge in [0, 0.05) is 24.2 Å². The average molecular weight is 482 g/mol. The second-order valence-corrected chi connectivity index (χ2v) is 10.1. The van der Waals surface area contributed by atoms with Crippen molar-refractivity contribution < 1.29 is 28.2 Å². The molecule has 0 aromatic heterocycles. The lowest BCUT2D eigenvalue weighted by atomic mass is 9.76. The molecular weight excluding hydrogens is 453 g/mol. The van der Waals surface area contributed by atoms with E-state index in [1.807, 2.05) is 0 Å². The Hall–Kier alpha value is -1.94. The molecule has 3 N–H and O–H groups in total. The van der Waals surface area contributed by atoms with Crippen LogP contribution in [0.4, 0.5) is 4.39 Å². The van der Waals surface area contributed by atoms with E-state index in [2.05, 4.69) is 16.0 Å². The highest BCUT2D eigenvalue weighted by molar-refractivity contribution is 6.30. The van der Waals surface area contributed by atoms with E-state index in [-0.39, 0.29) is 59.0 Å². The Morgan fingerprint density at radius 2 is 2.06 bits per heavy atom. The summed E-state index contributed by atoms with van der Waals surface area (Å²) < 4.78 is 29.9. The van der Waals surface area contributed by atoms with Gasteiger partial charge in [-0.05, 0) is 50.2 Å². The van der Waals surface area contributed by atoms with Crippen molar-refractivity contribution in [2.45, 2.75) is 56.0 Å². The van der Waals surface area contributed by atoms with Crippen LogP contribution in [0.2, 0.25) is 5.02 Å². The van der Waals surface area contributed by atoms with Gasteiger partial charge < -0.3 is 24.8 Å². The molecule has 2 bridgehead atoms. The first-order valence-corrected chi connectivity index (χ1v) is 11.9. The highest BCUT2D eigenvalue weighted by Crippen LogP contribution is 2.52. The van der Waals surface area contributed by atoms with Crippen LogP contribution in [0.1, 0.15) is 32.1 Å². The Labute approximate surface area is 196 Å². The summed E-state index contributed by atoms with van der Waals surface area (Å²) in [7, 11) is 0. The SMILES string of the molecule is O=C(COc1ccc(Cl)c(F)c1)NC12CC(C1)[C@@H](NC(=O)C1CCC(OC3COC3)NC1)C2. The minimum Gasteiger partial charge on any atom is -0.484 e. The van der Waals surface area contributed by atoms with E-state index in [4.69, 9.17) is 25.8 Å². The summed E-state index contributed by atoms with van der Waals surface area (Å²) in [5.41, 5.74) is -0.289. The molecule has 5 fully saturated rings. The van der Waals surface area contributed by atoms with E-state index in [0.717, 1.165) is 38.2 Å². The molecule has 3 saturated carbocycles. The number of hydrogen-bond donors (Lipinski definition) is 3. The van der Waals surface area contributed by atoms with Gasteiger partial charge in [0.05, 0.1) is 24.2 Å². The average Bonchev–Trinajstić information content (AvgIpc) is 3.25. The number of amides is 2. The quantitative estimate of drug-likeness (QED) is 0.523. The fourth-order valence-electron chi connectivity index (χ4n) is 5.35. The number of carbonyl (C=O) groups excluding carboxylic acids is 2. The monoisotopic (exact) mass is 481 g/mol. The molecule has 2 unspecified atom stereocenters. The summed E-state index contributed by atoms with van der Waals surface area (Å²) in [6, 6.07) is 4.14. The van der Waals surface area contributed by atoms with Crippen molar-refractivity contribution in [1.29, 1.82) is 0 Å². The van der Waals surface area contributed by atoms with E-state index < -0.39 is 5.82 Å². The van der Waals surface area contributed by atoms with Crippen molar-refractivity contribution in [3.05, 3.63) is 29.0 Å². The van der Waals surface area contributed by atoms with Crippen LogP contribution in [-0.2, 0) is 19.1 Å². The fourth-order valence-corrected chi connectivity index (χ4v) is 5.47. The zero-order valence-electron chi connectivity index (χ0n) is 18.3. The molecule has 10 heteroatoms. The molecule has 3 atom stereocenters. The smallest absolute Gasteiger partial charge is 0.258 e. The maximum absolute atomic E-state index is 13.5. The molecule has 2 saturated heterocycles. The van der Waals surface area contributed by atoms with Crippen LogP contribution >= 0.6 is 11.6 Å². The first kappa shape index (κ1) is 22.8. The maximum atomic E-state index is 13.5. The molecule has 0 spiro atoms. The van der Waals surface area contributed by atoms with Gasteiger partial charge in [-0.1, -0.05) is 11.6 Å². The molecule has 5 aliphatic rings. The Kier molecular flexibility index (Phi) is 6.48. The van der Waals surface area contributed by atoms with Crippen LogP contribution in [0.5, 0.6) is 5.75 Å². The van der Waals surface area contributed by atoms with Gasteiger partial charge in [0.15, 0.2) is 6.61 Å². The Morgan fingerprint density at radius 3 is 2.73 bits per heavy atom. The number of benzene rings is 1. The van der Waals surface area contributed by atoms with Crippen molar-refractivity contribution in [3.63, 3.8) is 0 Å². The van der Waals surface area contributed by atoms with Crippen LogP contribution in [0.25, 0.3) is 0 Å². The van der Waals surface area contributed by atoms with Gasteiger partial charge in [-0.2, -0.15) is 0 Å². The highest BCUT2D eigenvalue weighted by atomic mass is 35.5. The number of rotatable bonds is 8. The van der Waals surface area contributed by atoms with Crippen molar-refractivity contribution in [3.8, 4) is 5.75 Å². The molecule has 1 aromatic carbocycles. The Balaban J connectivity index is 1.03. The van der Waals surface area contributed by atoms with Crippen molar-refractivity contribution >= 4 is 23.4 Å². The van der Waals surface area contributed by atoms with Gasteiger partial charge in [0.1, 0.15) is 23.9 Å². The summed E-state index contributed by atoms with van der Waals surface area (Å²) in [5.74, 6) is -0.211. The lowest BCUT2D eigenvalue weighted by Crippen LogP contribution is -2.53. The number of hydrogen-bond acceptors (Lipinski definition) is 6. The zero-order valence-corrected chi connectivity index (χ0v) is 19.0. The number of fused-ring (bicyclic) bond motifs is 1. The molecule has 1 aromatic rings. The fraction of sp³-hybridized carbons (Fsp3) is 0.652. The predicted molar refractivity (Wildman–Crippen MR) is 117 cm³/mol. The molecule has 2 amide bonds. The second-order valence-electron chi connectivity index (χ2n) is 9.65. The third-order valence-electron chi connectivity index (χ3n) is 7.18. The number of nitrogens with one attached hydrogen (secondary N) is 3. The molecule has 6 rings (SSSR count). The standard InChI is InChI=1S/C23H29ClFN3O5/c24-17-3-2-15(5-18(17)25)32-12-20(29)28-23-6-14(7-23)19(8-23)27-22(30)13-1-4-21(26-9-13)33-16-10-31-11-16/h2-3,5,13-14,16,19,21,26H,1,4,6-12H2,(H,27,30)(H,28,29)/t13?,14?,19-,21?,23?/m0/s1. The van der Waals surface area contributed by atoms with Crippen LogP contribution in [0, 0.1) is 17.7 Å². The third-order valence-corrected chi connectivity index (χ3v) is 7.49. The Morgan fingerprint density at radius 1 is 1.24 bits per heavy atom. The van der Waals surface area contributed by atoms with E-state index in [0.29, 0.717) is 25.7 Å². The van der Waals surface area contributed by atoms with Gasteiger partial charge in [-0.3, -0.25) is 14.9 Å². The first-order valence-electron chi connectivity index (χ1n) is 11.5. The number of piperidine rings is 1. The van der Waals surface area contributed by atoms with Crippen LogP contribution in [0.15, 0.2) is 18.2 Å². The van der Waals surface area contributed by atoms with E-state index in [1.54, 1.807) is 0 Å². The predicted octanol–water partition coefficient (Wildman–Crippen LogP) is 1.75. The Bertz CT molecular complexity index is 900. The van der Waals surface area contributed by atoms with Crippen molar-refractivity contribution in [2.75, 3.05) is 26.4 Å². The van der Waals surface area contributed by atoms with Crippen molar-refractivity contribution in [1.82, 2.24) is 16.0 Å². The zero-order chi connectivity index (χ0) is 23.0. The molecule has 8 nitrogen and oxygen atoms in total. The summed E-state index contributed by atoms with van der Waals surface area (Å²) in [6.07, 6.45) is 4.18. The maximum Gasteiger partial charge on any atom is 0.258 e. The molecule has 180 valence electrons. The van der Waals surface area contributed by atoms with Crippen molar-refractivity contribution in [2.24, 2.45) is 11.8 Å². The minimum atomic E-state index is -0.589. The van der Waals surface area contributed by atoms with Gasteiger partial charge >= 0.3 is 0 Å². The van der Waals surface area contributed by atoms with Gasteiger partial charge in [-0.25, -0.2) is 4.39 Å². The van der Waals surface area contributed by atoms with Gasteiger partial charge in [0.25, 0.3) is 5.91 Å². The molecule has 2 aliphatic heterocycles. The molecular formula is C23H29ClFN3O5. The number of halogens is 2. The number of ether oxygens (including phenoxy) is 3. The summed E-state index contributed by atoms with van der Waals surface area (Å²) >= 11 is 5.66. The number of carbonyl (C=O) groups is 2. The van der Waals surface area contributed by atoms with E-state index >= 15 is 0 Å². The summed E-state index contributed by atoms with van der Waals surface area (Å²) in [4.78, 5) is 25.2. The minimum absolute atomic E-state index is 0.00571. The molecule has 3 aliphatic carbocycles. The lowest BCUT2D eigenvalue weighted by Gasteiger charge is -2.39. The second kappa shape index (κ2) is 9.37. The van der Waals surface area contributed by atoms with Crippen LogP contribution < -0.4 is 20.7 Å². The van der Waals surface area contributed by atoms with E-state index in [9.17, 15) is 14.0 Å². The normalized spacial score (nSPS) is 33.0. The first-order chi connectivity index (χ1) is 15.9. The third kappa shape index (κ3) is 5.11. The van der Waals surface area contributed by atoms with E-state index in [1.165, 1.54) is 12.1 Å². The highest BCUT2D eigenvalue weighted by Gasteiger charge is 2.57. The molecule has 0 radical (unpaired) electrons. The largest absolute Gasteiger partial charge is 0.484 e. The molecule has 33 heavy (non-hydrogen) atoms. The summed E-state index contributed by atoms with van der Waals surface area (Å²) in [5, 5.41) is 9.60. The van der Waals surface area contributed by atoms with Crippen LogP contribution in [-0.4, -0.2) is 62.1 Å². The topological polar surface area (TPSA) is 97.9 Å².